The smallest absolute Gasteiger partial charge is 0.309 e. The van der Waals surface area contributed by atoms with Crippen molar-refractivity contribution in [2.75, 3.05) is 0 Å². The van der Waals surface area contributed by atoms with Crippen LogP contribution in [0.4, 0.5) is 0 Å². The molecule has 0 amide bonds. The molecule has 1 aromatic carbocycles. The van der Waals surface area contributed by atoms with Gasteiger partial charge in [0.1, 0.15) is 11.4 Å². The zero-order chi connectivity index (χ0) is 19.4. The van der Waals surface area contributed by atoms with Gasteiger partial charge in [-0.15, -0.1) is 5.10 Å². The number of aliphatic hydroxyl groups excluding tert-OH is 1. The van der Waals surface area contributed by atoms with Crippen LogP contribution in [0.25, 0.3) is 11.3 Å². The fourth-order valence-corrected chi connectivity index (χ4v) is 3.46. The molecular weight excluding hydrogens is 346 g/mol. The molecule has 0 saturated heterocycles. The van der Waals surface area contributed by atoms with Gasteiger partial charge in [-0.25, -0.2) is 4.68 Å². The summed E-state index contributed by atoms with van der Waals surface area (Å²) in [6, 6.07) is 7.60. The van der Waals surface area contributed by atoms with Crippen LogP contribution < -0.4 is 4.74 Å². The summed E-state index contributed by atoms with van der Waals surface area (Å²) in [5.41, 5.74) is 2.21. The van der Waals surface area contributed by atoms with Crippen LogP contribution in [0.3, 0.4) is 0 Å². The van der Waals surface area contributed by atoms with Gasteiger partial charge in [0.05, 0.1) is 30.4 Å². The number of benzene rings is 1. The highest BCUT2D eigenvalue weighted by molar-refractivity contribution is 5.72. The second-order valence-corrected chi connectivity index (χ2v) is 7.28. The summed E-state index contributed by atoms with van der Waals surface area (Å²) in [7, 11) is 1.75. The standard InChI is InChI=1S/C20H27N3O4/c1-13(2)26-20(25)15-5-4-6-17(11-15)27-16-9-7-14(8-10-16)19-18(12-24)23(3)22-21-19/h7-10,13,15,17,24H,4-6,11-12H2,1-3H3/t15-,17-/m1/s1. The summed E-state index contributed by atoms with van der Waals surface area (Å²) < 4.78 is 13.0. The van der Waals surface area contributed by atoms with Crippen LogP contribution in [-0.4, -0.2) is 38.3 Å². The van der Waals surface area contributed by atoms with Gasteiger partial charge >= 0.3 is 5.97 Å². The van der Waals surface area contributed by atoms with Crippen LogP contribution in [0.5, 0.6) is 5.75 Å². The quantitative estimate of drug-likeness (QED) is 0.784. The van der Waals surface area contributed by atoms with Crippen molar-refractivity contribution in [2.45, 2.75) is 58.3 Å². The Morgan fingerprint density at radius 1 is 1.30 bits per heavy atom. The summed E-state index contributed by atoms with van der Waals surface area (Å²) in [5, 5.41) is 17.6. The predicted octanol–water partition coefficient (Wildman–Crippen LogP) is 2.86. The molecular formula is C20H27N3O4. The lowest BCUT2D eigenvalue weighted by atomic mass is 9.87. The number of aryl methyl sites for hydroxylation is 1. The van der Waals surface area contributed by atoms with Crippen LogP contribution in [0.2, 0.25) is 0 Å². The topological polar surface area (TPSA) is 86.5 Å². The van der Waals surface area contributed by atoms with Crippen molar-refractivity contribution in [1.29, 1.82) is 0 Å². The van der Waals surface area contributed by atoms with E-state index in [2.05, 4.69) is 10.3 Å². The van der Waals surface area contributed by atoms with Crippen LogP contribution in [0.15, 0.2) is 24.3 Å². The first-order chi connectivity index (χ1) is 13.0. The van der Waals surface area contributed by atoms with E-state index >= 15 is 0 Å². The minimum Gasteiger partial charge on any atom is -0.490 e. The zero-order valence-corrected chi connectivity index (χ0v) is 16.1. The molecule has 146 valence electrons. The van der Waals surface area contributed by atoms with Gasteiger partial charge in [-0.2, -0.15) is 0 Å². The van der Waals surface area contributed by atoms with Gasteiger partial charge in [-0.05, 0) is 63.8 Å². The minimum absolute atomic E-state index is 0.0128. The van der Waals surface area contributed by atoms with E-state index in [4.69, 9.17) is 9.47 Å². The second kappa shape index (κ2) is 8.52. The van der Waals surface area contributed by atoms with Gasteiger partial charge in [-0.3, -0.25) is 4.79 Å². The van der Waals surface area contributed by atoms with E-state index in [0.717, 1.165) is 30.6 Å². The number of hydrogen-bond donors (Lipinski definition) is 1. The molecule has 1 aliphatic carbocycles. The van der Waals surface area contributed by atoms with Gasteiger partial charge in [0.2, 0.25) is 0 Å². The Bertz CT molecular complexity index is 770. The first-order valence-electron chi connectivity index (χ1n) is 9.45. The van der Waals surface area contributed by atoms with Gasteiger partial charge in [0.25, 0.3) is 0 Å². The lowest BCUT2D eigenvalue weighted by molar-refractivity contribution is -0.154. The number of esters is 1. The Balaban J connectivity index is 1.63. The molecule has 1 saturated carbocycles. The number of carbonyl (C=O) groups is 1. The summed E-state index contributed by atoms with van der Waals surface area (Å²) in [5.74, 6) is 0.557. The molecule has 0 aliphatic heterocycles. The Morgan fingerprint density at radius 3 is 2.70 bits per heavy atom. The molecule has 1 heterocycles. The highest BCUT2D eigenvalue weighted by Crippen LogP contribution is 2.30. The molecule has 7 heteroatoms. The van der Waals surface area contributed by atoms with Crippen molar-refractivity contribution >= 4 is 5.97 Å². The maximum Gasteiger partial charge on any atom is 0.309 e. The van der Waals surface area contributed by atoms with Crippen LogP contribution in [0, 0.1) is 5.92 Å². The number of aromatic nitrogens is 3. The van der Waals surface area contributed by atoms with Crippen LogP contribution in [0.1, 0.15) is 45.2 Å². The maximum atomic E-state index is 12.2. The second-order valence-electron chi connectivity index (χ2n) is 7.28. The van der Waals surface area contributed by atoms with Crippen molar-refractivity contribution in [3.8, 4) is 17.0 Å². The van der Waals surface area contributed by atoms with Crippen molar-refractivity contribution in [3.63, 3.8) is 0 Å². The van der Waals surface area contributed by atoms with E-state index in [9.17, 15) is 9.90 Å². The highest BCUT2D eigenvalue weighted by atomic mass is 16.5. The van der Waals surface area contributed by atoms with Gasteiger partial charge < -0.3 is 14.6 Å². The fourth-order valence-electron chi connectivity index (χ4n) is 3.46. The first-order valence-corrected chi connectivity index (χ1v) is 9.45. The third-order valence-corrected chi connectivity index (χ3v) is 4.83. The van der Waals surface area contributed by atoms with Crippen molar-refractivity contribution in [1.82, 2.24) is 15.0 Å². The lowest BCUT2D eigenvalue weighted by Crippen LogP contribution is -2.31. The van der Waals surface area contributed by atoms with Gasteiger partial charge in [0, 0.05) is 12.6 Å². The average molecular weight is 373 g/mol. The van der Waals surface area contributed by atoms with Crippen molar-refractivity contribution in [2.24, 2.45) is 13.0 Å². The molecule has 0 radical (unpaired) electrons. The average Bonchev–Trinajstić information content (AvgIpc) is 3.02. The molecule has 1 N–H and O–H groups in total. The fraction of sp³-hybridized carbons (Fsp3) is 0.550. The third-order valence-electron chi connectivity index (χ3n) is 4.83. The van der Waals surface area contributed by atoms with E-state index in [1.54, 1.807) is 11.7 Å². The number of ether oxygens (including phenoxy) is 2. The number of carbonyl (C=O) groups excluding carboxylic acids is 1. The Morgan fingerprint density at radius 2 is 2.04 bits per heavy atom. The molecule has 2 aromatic rings. The number of rotatable bonds is 6. The largest absolute Gasteiger partial charge is 0.490 e. The maximum absolute atomic E-state index is 12.2. The van der Waals surface area contributed by atoms with E-state index in [1.807, 2.05) is 38.1 Å². The van der Waals surface area contributed by atoms with Crippen LogP contribution >= 0.6 is 0 Å². The lowest BCUT2D eigenvalue weighted by Gasteiger charge is -2.29. The molecule has 0 unspecified atom stereocenters. The summed E-state index contributed by atoms with van der Waals surface area (Å²) in [6.07, 6.45) is 3.37. The molecule has 7 nitrogen and oxygen atoms in total. The summed E-state index contributed by atoms with van der Waals surface area (Å²) in [6.45, 7) is 3.62. The molecule has 0 spiro atoms. The molecule has 1 aliphatic rings. The summed E-state index contributed by atoms with van der Waals surface area (Å²) >= 11 is 0. The van der Waals surface area contributed by atoms with Gasteiger partial charge in [0.15, 0.2) is 0 Å². The Hall–Kier alpha value is -2.41. The molecule has 1 fully saturated rings. The SMILES string of the molecule is CC(C)OC(=O)[C@@H]1CCC[C@@H](Oc2ccc(-c3nnn(C)c3CO)cc2)C1. The van der Waals surface area contributed by atoms with E-state index in [1.165, 1.54) is 0 Å². The van der Waals surface area contributed by atoms with Crippen molar-refractivity contribution in [3.05, 3.63) is 30.0 Å². The molecule has 2 atom stereocenters. The summed E-state index contributed by atoms with van der Waals surface area (Å²) in [4.78, 5) is 12.2. The Labute approximate surface area is 159 Å². The van der Waals surface area contributed by atoms with Gasteiger partial charge in [-0.1, -0.05) is 5.21 Å². The number of hydrogen-bond acceptors (Lipinski definition) is 6. The van der Waals surface area contributed by atoms with E-state index in [-0.39, 0.29) is 30.7 Å². The predicted molar refractivity (Wildman–Crippen MR) is 100.0 cm³/mol. The molecule has 0 bridgehead atoms. The van der Waals surface area contributed by atoms with Crippen molar-refractivity contribution < 1.29 is 19.4 Å². The zero-order valence-electron chi connectivity index (χ0n) is 16.1. The normalized spacial score (nSPS) is 19.9. The first kappa shape index (κ1) is 19.4. The van der Waals surface area contributed by atoms with E-state index < -0.39 is 0 Å². The number of aliphatic hydroxyl groups is 1. The molecule has 3 rings (SSSR count). The molecule has 1 aromatic heterocycles. The van der Waals surface area contributed by atoms with Crippen LogP contribution in [-0.2, 0) is 23.2 Å². The van der Waals surface area contributed by atoms with E-state index in [0.29, 0.717) is 17.8 Å². The number of nitrogens with zero attached hydrogens (tertiary/aromatic N) is 3. The highest BCUT2D eigenvalue weighted by Gasteiger charge is 2.30. The Kier molecular flexibility index (Phi) is 6.11. The third kappa shape index (κ3) is 4.66. The monoisotopic (exact) mass is 373 g/mol. The minimum atomic E-state index is -0.118. The molecule has 27 heavy (non-hydrogen) atoms.